The van der Waals surface area contributed by atoms with Crippen LogP contribution in [0.5, 0.6) is 5.75 Å². The second-order valence-corrected chi connectivity index (χ2v) is 13.0. The molecule has 1 saturated heterocycles. The minimum atomic E-state index is -1.73. The first-order valence-electron chi connectivity index (χ1n) is 15.4. The zero-order valence-electron chi connectivity index (χ0n) is 29.4. The van der Waals surface area contributed by atoms with Crippen LogP contribution in [0, 0.1) is 10.1 Å². The molecule has 0 radical (unpaired) electrons. The van der Waals surface area contributed by atoms with E-state index in [1.165, 1.54) is 0 Å². The van der Waals surface area contributed by atoms with Crippen LogP contribution in [-0.2, 0) is 42.7 Å². The second kappa shape index (κ2) is 16.7. The SMILES string of the molecule is COC(=O)C1=C[C@H](NC(=NC(=O)OC(C)(C)C)NC(=O)OC(C)(C)C)[C@@H](NC(C)=O)[C@H]([C@H](OC(=O)Oc2ccc([N+](=O)[O-])cc2)[C@H]2COC(=O)O2)O1. The summed E-state index contributed by atoms with van der Waals surface area (Å²) in [6.07, 6.45) is -8.48. The highest BCUT2D eigenvalue weighted by molar-refractivity contribution is 5.99. The van der Waals surface area contributed by atoms with Gasteiger partial charge in [-0.3, -0.25) is 20.2 Å². The lowest BCUT2D eigenvalue weighted by atomic mass is 9.91. The topological polar surface area (TPSA) is 268 Å². The molecule has 2 aliphatic rings. The molecule has 0 aromatic heterocycles. The Bertz CT molecular complexity index is 1610. The van der Waals surface area contributed by atoms with Crippen LogP contribution in [0.1, 0.15) is 48.5 Å². The van der Waals surface area contributed by atoms with Crippen LogP contribution in [0.25, 0.3) is 0 Å². The minimum Gasteiger partial charge on any atom is -0.477 e. The Labute approximate surface area is 296 Å². The van der Waals surface area contributed by atoms with E-state index < -0.39 is 101 Å². The molecule has 2 aliphatic heterocycles. The maximum absolute atomic E-state index is 13.1. The van der Waals surface area contributed by atoms with E-state index in [0.717, 1.165) is 44.4 Å². The number of hydrogen-bond acceptors (Lipinski definition) is 16. The molecular weight excluding hydrogens is 698 g/mol. The van der Waals surface area contributed by atoms with Crippen molar-refractivity contribution in [1.29, 1.82) is 0 Å². The molecule has 52 heavy (non-hydrogen) atoms. The molecule has 3 rings (SSSR count). The number of aliphatic imine (C=N–C) groups is 1. The largest absolute Gasteiger partial charge is 0.514 e. The molecule has 2 heterocycles. The summed E-state index contributed by atoms with van der Waals surface area (Å²) in [6.45, 7) is 10.1. The Morgan fingerprint density at radius 2 is 1.62 bits per heavy atom. The van der Waals surface area contributed by atoms with E-state index in [2.05, 4.69) is 20.9 Å². The number of esters is 1. The predicted octanol–water partition coefficient (Wildman–Crippen LogP) is 2.75. The summed E-state index contributed by atoms with van der Waals surface area (Å²) in [5.74, 6) is -3.02. The number of non-ortho nitro benzene ring substituents is 1. The fraction of sp³-hybridized carbons (Fsp3) is 0.516. The van der Waals surface area contributed by atoms with E-state index in [1.807, 2.05) is 0 Å². The third kappa shape index (κ3) is 12.3. The van der Waals surface area contributed by atoms with Gasteiger partial charge in [0, 0.05) is 19.1 Å². The van der Waals surface area contributed by atoms with Gasteiger partial charge in [0.2, 0.25) is 17.6 Å². The Morgan fingerprint density at radius 3 is 2.13 bits per heavy atom. The molecule has 21 nitrogen and oxygen atoms in total. The van der Waals surface area contributed by atoms with Crippen LogP contribution in [-0.4, -0.2) is 103 Å². The normalized spacial score (nSPS) is 20.7. The van der Waals surface area contributed by atoms with Crippen molar-refractivity contribution in [3.63, 3.8) is 0 Å². The molecular formula is C31H39N5O16. The molecule has 3 N–H and O–H groups in total. The zero-order valence-corrected chi connectivity index (χ0v) is 29.4. The van der Waals surface area contributed by atoms with E-state index in [0.29, 0.717) is 0 Å². The van der Waals surface area contributed by atoms with Gasteiger partial charge in [-0.1, -0.05) is 0 Å². The molecule has 1 fully saturated rings. The van der Waals surface area contributed by atoms with E-state index in [-0.39, 0.29) is 11.4 Å². The van der Waals surface area contributed by atoms with Crippen molar-refractivity contribution in [3.05, 3.63) is 46.2 Å². The third-order valence-electron chi connectivity index (χ3n) is 6.39. The molecule has 21 heteroatoms. The third-order valence-corrected chi connectivity index (χ3v) is 6.39. The molecule has 0 saturated carbocycles. The van der Waals surface area contributed by atoms with Gasteiger partial charge >= 0.3 is 30.5 Å². The number of ether oxygens (including phenoxy) is 8. The van der Waals surface area contributed by atoms with Crippen LogP contribution in [0.3, 0.4) is 0 Å². The van der Waals surface area contributed by atoms with Gasteiger partial charge in [-0.2, -0.15) is 0 Å². The first-order valence-corrected chi connectivity index (χ1v) is 15.4. The standard InChI is InChI=1S/C31H39N5O16/c1-15(37)32-21-18(33-25(34-26(39)51-30(2,3)4)35-27(40)52-31(5,6)7)13-19(24(38)45-8)48-23(21)22(20-14-46-28(41)49-20)50-29(42)47-17-11-9-16(10-12-17)36(43)44/h9-13,18,20-23H,14H2,1-8H3,(H,32,37)(H2,33,34,35,39,40)/t18-,20+,21+,22+,23+/m0/s1. The molecule has 3 amide bonds. The van der Waals surface area contributed by atoms with Crippen LogP contribution in [0.15, 0.2) is 41.1 Å². The van der Waals surface area contributed by atoms with E-state index in [4.69, 9.17) is 37.9 Å². The van der Waals surface area contributed by atoms with E-state index in [1.54, 1.807) is 41.5 Å². The van der Waals surface area contributed by atoms with Gasteiger partial charge in [-0.25, -0.2) is 24.0 Å². The van der Waals surface area contributed by atoms with Crippen molar-refractivity contribution < 1.29 is 71.6 Å². The minimum absolute atomic E-state index is 0.178. The lowest BCUT2D eigenvalue weighted by molar-refractivity contribution is -0.384. The van der Waals surface area contributed by atoms with Crippen molar-refractivity contribution >= 4 is 48.0 Å². The first kappa shape index (κ1) is 40.3. The number of alkyl carbamates (subject to hydrolysis) is 1. The van der Waals surface area contributed by atoms with Gasteiger partial charge in [0.05, 0.1) is 24.1 Å². The number of methoxy groups -OCH3 is 1. The van der Waals surface area contributed by atoms with Crippen molar-refractivity contribution in [2.45, 2.75) is 90.1 Å². The predicted molar refractivity (Wildman–Crippen MR) is 173 cm³/mol. The molecule has 0 aliphatic carbocycles. The quantitative estimate of drug-likeness (QED) is 0.0658. The monoisotopic (exact) mass is 737 g/mol. The van der Waals surface area contributed by atoms with Crippen LogP contribution >= 0.6 is 0 Å². The van der Waals surface area contributed by atoms with Gasteiger partial charge in [-0.05, 0) is 59.8 Å². The second-order valence-electron chi connectivity index (χ2n) is 13.0. The fourth-order valence-electron chi connectivity index (χ4n) is 4.51. The van der Waals surface area contributed by atoms with Crippen LogP contribution in [0.2, 0.25) is 0 Å². The summed E-state index contributed by atoms with van der Waals surface area (Å²) in [7, 11) is 1.03. The van der Waals surface area contributed by atoms with Gasteiger partial charge in [0.15, 0.2) is 18.3 Å². The highest BCUT2D eigenvalue weighted by Crippen LogP contribution is 2.29. The number of nitrogens with zero attached hydrogens (tertiary/aromatic N) is 2. The van der Waals surface area contributed by atoms with E-state index >= 15 is 0 Å². The number of hydrogen-bond donors (Lipinski definition) is 3. The number of benzene rings is 1. The average Bonchev–Trinajstić information content (AvgIpc) is 3.44. The summed E-state index contributed by atoms with van der Waals surface area (Å²) >= 11 is 0. The summed E-state index contributed by atoms with van der Waals surface area (Å²) in [5.41, 5.74) is -2.29. The maximum Gasteiger partial charge on any atom is 0.514 e. The highest BCUT2D eigenvalue weighted by atomic mass is 16.8. The van der Waals surface area contributed by atoms with Crippen molar-refractivity contribution in [3.8, 4) is 5.75 Å². The number of carbonyl (C=O) groups excluding carboxylic acids is 6. The Morgan fingerprint density at radius 1 is 0.981 bits per heavy atom. The molecule has 0 bridgehead atoms. The van der Waals surface area contributed by atoms with Gasteiger partial charge in [0.1, 0.15) is 23.6 Å². The number of amides is 3. The number of cyclic esters (lactones) is 2. The number of nitro benzene ring substituents is 1. The Kier molecular flexibility index (Phi) is 12.9. The number of nitrogens with one attached hydrogen (secondary N) is 3. The molecule has 0 unspecified atom stereocenters. The molecule has 1 aromatic carbocycles. The number of nitro groups is 1. The fourth-order valence-corrected chi connectivity index (χ4v) is 4.51. The highest BCUT2D eigenvalue weighted by Gasteiger charge is 2.50. The summed E-state index contributed by atoms with van der Waals surface area (Å²) in [6, 6.07) is 1.61. The van der Waals surface area contributed by atoms with Crippen molar-refractivity contribution in [1.82, 2.24) is 16.0 Å². The first-order chi connectivity index (χ1) is 24.1. The van der Waals surface area contributed by atoms with Crippen LogP contribution in [0.4, 0.5) is 24.9 Å². The molecule has 0 spiro atoms. The zero-order chi connectivity index (χ0) is 39.0. The van der Waals surface area contributed by atoms with Crippen molar-refractivity contribution in [2.24, 2.45) is 4.99 Å². The van der Waals surface area contributed by atoms with Gasteiger partial charge in [-0.15, -0.1) is 4.99 Å². The van der Waals surface area contributed by atoms with Gasteiger partial charge in [0.25, 0.3) is 5.69 Å². The summed E-state index contributed by atoms with van der Waals surface area (Å²) in [5, 5.41) is 18.6. The molecule has 284 valence electrons. The lowest BCUT2D eigenvalue weighted by Crippen LogP contribution is -2.65. The van der Waals surface area contributed by atoms with E-state index in [9.17, 15) is 38.9 Å². The number of carbonyl (C=O) groups is 6. The summed E-state index contributed by atoms with van der Waals surface area (Å²) in [4.78, 5) is 90.2. The number of rotatable bonds is 8. The lowest BCUT2D eigenvalue weighted by Gasteiger charge is -2.41. The smallest absolute Gasteiger partial charge is 0.477 e. The van der Waals surface area contributed by atoms with Crippen molar-refractivity contribution in [2.75, 3.05) is 13.7 Å². The Balaban J connectivity index is 2.08. The maximum atomic E-state index is 13.1. The average molecular weight is 738 g/mol. The molecule has 5 atom stereocenters. The number of guanidine groups is 1. The Hall–Kier alpha value is -6.15. The van der Waals surface area contributed by atoms with Crippen LogP contribution < -0.4 is 20.7 Å². The molecule has 1 aromatic rings. The summed E-state index contributed by atoms with van der Waals surface area (Å²) < 4.78 is 42.0. The van der Waals surface area contributed by atoms with Gasteiger partial charge < -0.3 is 48.5 Å².